The Kier molecular flexibility index (Phi) is 3.57. The Morgan fingerprint density at radius 3 is 2.78 bits per heavy atom. The SMILES string of the molecule is COc1cc2nc(C3CCCCC3)sc2cc1Br. The molecular weight excluding hydrogens is 310 g/mol. The standard InChI is InChI=1S/C14H16BrNOS/c1-17-12-8-11-13(7-10(12)15)18-14(16-11)9-5-3-2-4-6-9/h7-9H,2-6H2,1H3. The van der Waals surface area contributed by atoms with Crippen LogP contribution in [0, 0.1) is 0 Å². The van der Waals surface area contributed by atoms with Crippen LogP contribution in [0.4, 0.5) is 0 Å². The predicted molar refractivity (Wildman–Crippen MR) is 79.7 cm³/mol. The Morgan fingerprint density at radius 1 is 1.28 bits per heavy atom. The molecule has 1 aromatic carbocycles. The van der Waals surface area contributed by atoms with Gasteiger partial charge in [0.1, 0.15) is 5.75 Å². The van der Waals surface area contributed by atoms with Crippen molar-refractivity contribution in [3.8, 4) is 5.75 Å². The monoisotopic (exact) mass is 325 g/mol. The van der Waals surface area contributed by atoms with Crippen LogP contribution < -0.4 is 4.74 Å². The van der Waals surface area contributed by atoms with Crippen molar-refractivity contribution in [2.75, 3.05) is 7.11 Å². The van der Waals surface area contributed by atoms with E-state index in [4.69, 9.17) is 9.72 Å². The van der Waals surface area contributed by atoms with Gasteiger partial charge in [-0.25, -0.2) is 4.98 Å². The first-order valence-corrected chi connectivity index (χ1v) is 8.03. The number of halogens is 1. The Bertz CT molecular complexity index is 560. The summed E-state index contributed by atoms with van der Waals surface area (Å²) < 4.78 is 7.59. The quantitative estimate of drug-likeness (QED) is 0.764. The number of fused-ring (bicyclic) bond motifs is 1. The van der Waals surface area contributed by atoms with Crippen LogP contribution in [-0.4, -0.2) is 12.1 Å². The third-order valence-corrected chi connectivity index (χ3v) is 5.43. The van der Waals surface area contributed by atoms with E-state index in [0.717, 1.165) is 15.7 Å². The van der Waals surface area contributed by atoms with E-state index in [1.165, 1.54) is 41.8 Å². The van der Waals surface area contributed by atoms with Gasteiger partial charge in [0, 0.05) is 12.0 Å². The van der Waals surface area contributed by atoms with Crippen LogP contribution in [-0.2, 0) is 0 Å². The van der Waals surface area contributed by atoms with Crippen molar-refractivity contribution >= 4 is 37.5 Å². The van der Waals surface area contributed by atoms with Crippen molar-refractivity contribution in [2.24, 2.45) is 0 Å². The molecule has 0 aliphatic heterocycles. The number of methoxy groups -OCH3 is 1. The van der Waals surface area contributed by atoms with Crippen LogP contribution in [0.5, 0.6) is 5.75 Å². The van der Waals surface area contributed by atoms with Gasteiger partial charge in [-0.15, -0.1) is 11.3 Å². The van der Waals surface area contributed by atoms with Crippen molar-refractivity contribution in [3.05, 3.63) is 21.6 Å². The number of hydrogen-bond acceptors (Lipinski definition) is 3. The Labute approximate surface area is 120 Å². The van der Waals surface area contributed by atoms with Gasteiger partial charge in [-0.3, -0.25) is 0 Å². The Hall–Kier alpha value is -0.610. The summed E-state index contributed by atoms with van der Waals surface area (Å²) in [6, 6.07) is 4.15. The van der Waals surface area contributed by atoms with E-state index in [1.807, 2.05) is 17.4 Å². The van der Waals surface area contributed by atoms with Crippen molar-refractivity contribution < 1.29 is 4.74 Å². The predicted octanol–water partition coefficient (Wildman–Crippen LogP) is 5.12. The maximum atomic E-state index is 5.33. The minimum atomic E-state index is 0.681. The lowest BCUT2D eigenvalue weighted by atomic mass is 9.90. The number of nitrogens with zero attached hydrogens (tertiary/aromatic N) is 1. The summed E-state index contributed by atoms with van der Waals surface area (Å²) in [7, 11) is 1.69. The van der Waals surface area contributed by atoms with E-state index in [9.17, 15) is 0 Å². The van der Waals surface area contributed by atoms with E-state index < -0.39 is 0 Å². The number of ether oxygens (including phenoxy) is 1. The third kappa shape index (κ3) is 2.28. The molecule has 0 unspecified atom stereocenters. The summed E-state index contributed by atoms with van der Waals surface area (Å²) >= 11 is 5.38. The van der Waals surface area contributed by atoms with Gasteiger partial charge in [0.15, 0.2) is 0 Å². The molecule has 0 radical (unpaired) electrons. The first-order chi connectivity index (χ1) is 8.78. The molecule has 1 aliphatic rings. The molecule has 0 saturated heterocycles. The van der Waals surface area contributed by atoms with Crippen LogP contribution in [0.15, 0.2) is 16.6 Å². The van der Waals surface area contributed by atoms with Gasteiger partial charge in [-0.1, -0.05) is 19.3 Å². The fourth-order valence-corrected chi connectivity index (χ4v) is 4.44. The van der Waals surface area contributed by atoms with Gasteiger partial charge in [0.05, 0.1) is 26.8 Å². The molecule has 0 N–H and O–H groups in total. The molecule has 1 heterocycles. The second-order valence-corrected chi connectivity index (χ2v) is 6.76. The highest BCUT2D eigenvalue weighted by atomic mass is 79.9. The van der Waals surface area contributed by atoms with Gasteiger partial charge in [0.2, 0.25) is 0 Å². The molecule has 2 aromatic rings. The lowest BCUT2D eigenvalue weighted by molar-refractivity contribution is 0.412. The van der Waals surface area contributed by atoms with Gasteiger partial charge in [0.25, 0.3) is 0 Å². The van der Waals surface area contributed by atoms with Crippen molar-refractivity contribution in [3.63, 3.8) is 0 Å². The van der Waals surface area contributed by atoms with Gasteiger partial charge >= 0.3 is 0 Å². The van der Waals surface area contributed by atoms with E-state index in [2.05, 4.69) is 22.0 Å². The molecule has 96 valence electrons. The van der Waals surface area contributed by atoms with Crippen LogP contribution in [0.1, 0.15) is 43.0 Å². The molecule has 4 heteroatoms. The largest absolute Gasteiger partial charge is 0.495 e. The number of rotatable bonds is 2. The molecule has 3 rings (SSSR count). The summed E-state index contributed by atoms with van der Waals surface area (Å²) in [5, 5.41) is 1.31. The molecule has 1 aliphatic carbocycles. The van der Waals surface area contributed by atoms with E-state index in [1.54, 1.807) is 7.11 Å². The highest BCUT2D eigenvalue weighted by Gasteiger charge is 2.19. The topological polar surface area (TPSA) is 22.1 Å². The molecule has 2 nitrogen and oxygen atoms in total. The highest BCUT2D eigenvalue weighted by Crippen LogP contribution is 2.39. The molecule has 18 heavy (non-hydrogen) atoms. The van der Waals surface area contributed by atoms with Gasteiger partial charge < -0.3 is 4.74 Å². The Balaban J connectivity index is 1.99. The summed E-state index contributed by atoms with van der Waals surface area (Å²) in [5.74, 6) is 1.55. The van der Waals surface area contributed by atoms with Crippen LogP contribution in [0.2, 0.25) is 0 Å². The molecule has 0 atom stereocenters. The minimum Gasteiger partial charge on any atom is -0.495 e. The maximum absolute atomic E-state index is 5.33. The average Bonchev–Trinajstić information content (AvgIpc) is 2.81. The number of benzene rings is 1. The second-order valence-electron chi connectivity index (χ2n) is 4.84. The number of thiazole rings is 1. The molecule has 1 fully saturated rings. The Morgan fingerprint density at radius 2 is 2.06 bits per heavy atom. The van der Waals surface area contributed by atoms with Crippen molar-refractivity contribution in [1.29, 1.82) is 0 Å². The molecule has 0 amide bonds. The van der Waals surface area contributed by atoms with Crippen molar-refractivity contribution in [1.82, 2.24) is 4.98 Å². The minimum absolute atomic E-state index is 0.681. The number of hydrogen-bond donors (Lipinski definition) is 0. The highest BCUT2D eigenvalue weighted by molar-refractivity contribution is 9.10. The van der Waals surface area contributed by atoms with E-state index >= 15 is 0 Å². The zero-order valence-corrected chi connectivity index (χ0v) is 12.8. The number of aromatic nitrogens is 1. The lowest BCUT2D eigenvalue weighted by Crippen LogP contribution is -2.03. The van der Waals surface area contributed by atoms with Gasteiger partial charge in [-0.05, 0) is 34.8 Å². The lowest BCUT2D eigenvalue weighted by Gasteiger charge is -2.18. The van der Waals surface area contributed by atoms with Crippen LogP contribution in [0.25, 0.3) is 10.2 Å². The smallest absolute Gasteiger partial charge is 0.135 e. The second kappa shape index (κ2) is 5.17. The average molecular weight is 326 g/mol. The van der Waals surface area contributed by atoms with Crippen LogP contribution in [0.3, 0.4) is 0 Å². The molecule has 1 aromatic heterocycles. The summed E-state index contributed by atoms with van der Waals surface area (Å²) in [5.41, 5.74) is 1.07. The van der Waals surface area contributed by atoms with Crippen LogP contribution >= 0.6 is 27.3 Å². The summed E-state index contributed by atoms with van der Waals surface area (Å²) in [6.45, 7) is 0. The molecule has 1 saturated carbocycles. The third-order valence-electron chi connectivity index (χ3n) is 3.63. The first kappa shape index (κ1) is 12.4. The summed E-state index contributed by atoms with van der Waals surface area (Å²) in [4.78, 5) is 4.80. The fourth-order valence-electron chi connectivity index (χ4n) is 2.63. The van der Waals surface area contributed by atoms with Gasteiger partial charge in [-0.2, -0.15) is 0 Å². The zero-order chi connectivity index (χ0) is 12.5. The maximum Gasteiger partial charge on any atom is 0.135 e. The molecular formula is C14H16BrNOS. The van der Waals surface area contributed by atoms with E-state index in [-0.39, 0.29) is 0 Å². The first-order valence-electron chi connectivity index (χ1n) is 6.42. The summed E-state index contributed by atoms with van der Waals surface area (Å²) in [6.07, 6.45) is 6.71. The van der Waals surface area contributed by atoms with Crippen molar-refractivity contribution in [2.45, 2.75) is 38.0 Å². The fraction of sp³-hybridized carbons (Fsp3) is 0.500. The normalized spacial score (nSPS) is 17.2. The molecule has 0 spiro atoms. The molecule has 0 bridgehead atoms. The van der Waals surface area contributed by atoms with E-state index in [0.29, 0.717) is 5.92 Å². The zero-order valence-electron chi connectivity index (χ0n) is 10.4.